The number of allylic oxidation sites excluding steroid dienone is 1. The van der Waals surface area contributed by atoms with E-state index in [4.69, 9.17) is 14.2 Å². The van der Waals surface area contributed by atoms with Gasteiger partial charge in [-0.3, -0.25) is 19.3 Å². The van der Waals surface area contributed by atoms with Gasteiger partial charge in [0.25, 0.3) is 11.1 Å². The normalized spacial score (nSPS) is 15.3. The number of thioether (sulfide) groups is 1. The average molecular weight is 405 g/mol. The van der Waals surface area contributed by atoms with Crippen molar-refractivity contribution in [2.45, 2.75) is 26.4 Å². The zero-order valence-corrected chi connectivity index (χ0v) is 17.1. The lowest BCUT2D eigenvalue weighted by Crippen LogP contribution is -2.35. The molecule has 1 aliphatic heterocycles. The van der Waals surface area contributed by atoms with Crippen LogP contribution in [0.1, 0.15) is 25.0 Å². The van der Waals surface area contributed by atoms with Crippen LogP contribution in [-0.4, -0.2) is 48.9 Å². The van der Waals surface area contributed by atoms with Gasteiger partial charge in [0.2, 0.25) is 0 Å². The summed E-state index contributed by atoms with van der Waals surface area (Å²) in [6.45, 7) is 6.72. The second-order valence-electron chi connectivity index (χ2n) is 6.21. The summed E-state index contributed by atoms with van der Waals surface area (Å²) >= 11 is 0.779. The van der Waals surface area contributed by atoms with Crippen LogP contribution in [0.15, 0.2) is 29.7 Å². The molecular formula is C20H23NO6S. The monoisotopic (exact) mass is 405 g/mol. The Morgan fingerprint density at radius 2 is 1.96 bits per heavy atom. The summed E-state index contributed by atoms with van der Waals surface area (Å²) < 4.78 is 15.8. The van der Waals surface area contributed by atoms with E-state index in [1.165, 1.54) is 7.11 Å². The molecule has 8 heteroatoms. The van der Waals surface area contributed by atoms with Crippen LogP contribution in [0.5, 0.6) is 11.5 Å². The lowest BCUT2D eigenvalue weighted by Gasteiger charge is -2.14. The molecule has 0 saturated carbocycles. The molecule has 7 nitrogen and oxygen atoms in total. The molecule has 2 rings (SSSR count). The second kappa shape index (κ2) is 9.45. The minimum Gasteiger partial charge on any atom is -0.493 e. The molecule has 0 aromatic heterocycles. The quantitative estimate of drug-likeness (QED) is 0.372. The maximum Gasteiger partial charge on any atom is 0.326 e. The molecule has 0 spiro atoms. The molecule has 1 fully saturated rings. The van der Waals surface area contributed by atoms with Crippen molar-refractivity contribution < 1.29 is 28.6 Å². The van der Waals surface area contributed by atoms with Crippen LogP contribution < -0.4 is 9.47 Å². The third-order valence-electron chi connectivity index (χ3n) is 3.77. The average Bonchev–Trinajstić information content (AvgIpc) is 2.88. The van der Waals surface area contributed by atoms with Crippen LogP contribution >= 0.6 is 11.8 Å². The number of methoxy groups -OCH3 is 2. The minimum atomic E-state index is -0.627. The van der Waals surface area contributed by atoms with Gasteiger partial charge in [0.15, 0.2) is 11.5 Å². The zero-order chi connectivity index (χ0) is 20.8. The van der Waals surface area contributed by atoms with Gasteiger partial charge in [-0.25, -0.2) is 0 Å². The molecule has 150 valence electrons. The van der Waals surface area contributed by atoms with Crippen molar-refractivity contribution in [1.29, 1.82) is 0 Å². The summed E-state index contributed by atoms with van der Waals surface area (Å²) in [4.78, 5) is 37.6. The smallest absolute Gasteiger partial charge is 0.326 e. The number of benzene rings is 1. The lowest BCUT2D eigenvalue weighted by atomic mass is 10.0. The SMILES string of the molecule is C=CCc1cc(/C=C2\SC(=O)N(CC(=O)OC(C)C)C2=O)cc(OC)c1OC. The number of nitrogens with zero attached hydrogens (tertiary/aromatic N) is 1. The first-order chi connectivity index (χ1) is 13.3. The first kappa shape index (κ1) is 21.6. The van der Waals surface area contributed by atoms with Gasteiger partial charge in [-0.05, 0) is 55.8 Å². The van der Waals surface area contributed by atoms with Crippen molar-refractivity contribution in [1.82, 2.24) is 4.90 Å². The van der Waals surface area contributed by atoms with E-state index in [0.717, 1.165) is 22.2 Å². The lowest BCUT2D eigenvalue weighted by molar-refractivity contribution is -0.149. The molecule has 2 amide bonds. The van der Waals surface area contributed by atoms with Crippen LogP contribution in [0.2, 0.25) is 0 Å². The van der Waals surface area contributed by atoms with Crippen LogP contribution in [-0.2, 0) is 20.7 Å². The van der Waals surface area contributed by atoms with Crippen LogP contribution in [0.4, 0.5) is 4.79 Å². The van der Waals surface area contributed by atoms with Crippen molar-refractivity contribution >= 4 is 35.0 Å². The maximum atomic E-state index is 12.6. The van der Waals surface area contributed by atoms with E-state index < -0.39 is 23.7 Å². The summed E-state index contributed by atoms with van der Waals surface area (Å²) in [7, 11) is 3.07. The fourth-order valence-corrected chi connectivity index (χ4v) is 3.51. The standard InChI is InChI=1S/C20H23NO6S/c1-6-7-14-8-13(9-15(25-4)18(14)26-5)10-16-19(23)21(20(24)28-16)11-17(22)27-12(2)3/h6,8-10,12H,1,7,11H2,2-5H3/b16-10-. The van der Waals surface area contributed by atoms with Crippen LogP contribution in [0, 0.1) is 0 Å². The van der Waals surface area contributed by atoms with Gasteiger partial charge < -0.3 is 14.2 Å². The highest BCUT2D eigenvalue weighted by Crippen LogP contribution is 2.36. The Kier molecular flexibility index (Phi) is 7.28. The molecule has 0 bridgehead atoms. The number of carbonyl (C=O) groups is 3. The number of imide groups is 1. The molecular weight excluding hydrogens is 382 g/mol. The number of hydrogen-bond acceptors (Lipinski definition) is 7. The first-order valence-corrected chi connectivity index (χ1v) is 9.43. The molecule has 1 aliphatic rings. The Bertz CT molecular complexity index is 830. The van der Waals surface area contributed by atoms with E-state index in [0.29, 0.717) is 23.5 Å². The number of hydrogen-bond donors (Lipinski definition) is 0. The molecule has 0 N–H and O–H groups in total. The van der Waals surface area contributed by atoms with E-state index in [1.54, 1.807) is 39.2 Å². The molecule has 0 radical (unpaired) electrons. The van der Waals surface area contributed by atoms with E-state index >= 15 is 0 Å². The highest BCUT2D eigenvalue weighted by molar-refractivity contribution is 8.18. The summed E-state index contributed by atoms with van der Waals surface area (Å²) in [5, 5.41) is -0.510. The van der Waals surface area contributed by atoms with Crippen molar-refractivity contribution in [3.63, 3.8) is 0 Å². The van der Waals surface area contributed by atoms with Crippen molar-refractivity contribution in [2.24, 2.45) is 0 Å². The summed E-state index contributed by atoms with van der Waals surface area (Å²) in [5.74, 6) is -0.0642. The van der Waals surface area contributed by atoms with Gasteiger partial charge in [0.1, 0.15) is 6.54 Å². The van der Waals surface area contributed by atoms with Crippen molar-refractivity contribution in [3.8, 4) is 11.5 Å². The number of carbonyl (C=O) groups excluding carboxylic acids is 3. The molecule has 1 saturated heterocycles. The first-order valence-electron chi connectivity index (χ1n) is 8.61. The fourth-order valence-electron chi connectivity index (χ4n) is 2.67. The van der Waals surface area contributed by atoms with E-state index in [1.807, 2.05) is 6.07 Å². The molecule has 0 aliphatic carbocycles. The molecule has 0 atom stereocenters. The Morgan fingerprint density at radius 1 is 1.25 bits per heavy atom. The fraction of sp³-hybridized carbons (Fsp3) is 0.350. The Morgan fingerprint density at radius 3 is 2.54 bits per heavy atom. The molecule has 1 aromatic carbocycles. The molecule has 0 unspecified atom stereocenters. The summed E-state index contributed by atoms with van der Waals surface area (Å²) in [5.41, 5.74) is 1.51. The van der Waals surface area contributed by atoms with Crippen molar-refractivity contribution in [2.75, 3.05) is 20.8 Å². The highest BCUT2D eigenvalue weighted by atomic mass is 32.2. The van der Waals surface area contributed by atoms with Gasteiger partial charge in [-0.1, -0.05) is 6.08 Å². The van der Waals surface area contributed by atoms with Crippen molar-refractivity contribution in [3.05, 3.63) is 40.8 Å². The van der Waals surface area contributed by atoms with Crippen LogP contribution in [0.3, 0.4) is 0 Å². The Hall–Kier alpha value is -2.74. The van der Waals surface area contributed by atoms with Crippen LogP contribution in [0.25, 0.3) is 6.08 Å². The molecule has 1 heterocycles. The molecule has 1 aromatic rings. The zero-order valence-electron chi connectivity index (χ0n) is 16.3. The minimum absolute atomic E-state index is 0.221. The maximum absolute atomic E-state index is 12.6. The largest absolute Gasteiger partial charge is 0.493 e. The predicted molar refractivity (Wildman–Crippen MR) is 107 cm³/mol. The number of esters is 1. The van der Waals surface area contributed by atoms with Gasteiger partial charge >= 0.3 is 5.97 Å². The highest BCUT2D eigenvalue weighted by Gasteiger charge is 2.36. The second-order valence-corrected chi connectivity index (χ2v) is 7.21. The number of amides is 2. The summed E-state index contributed by atoms with van der Waals surface area (Å²) in [6.07, 6.45) is 3.55. The molecule has 28 heavy (non-hydrogen) atoms. The third-order valence-corrected chi connectivity index (χ3v) is 4.68. The topological polar surface area (TPSA) is 82.1 Å². The number of rotatable bonds is 8. The van der Waals surface area contributed by atoms with Gasteiger partial charge in [0, 0.05) is 5.56 Å². The number of ether oxygens (including phenoxy) is 3. The van der Waals surface area contributed by atoms with Gasteiger partial charge in [0.05, 0.1) is 25.2 Å². The summed E-state index contributed by atoms with van der Waals surface area (Å²) in [6, 6.07) is 3.55. The Balaban J connectivity index is 2.31. The predicted octanol–water partition coefficient (Wildman–Crippen LogP) is 3.42. The van der Waals surface area contributed by atoms with Gasteiger partial charge in [-0.15, -0.1) is 6.58 Å². The third kappa shape index (κ3) is 4.95. The van der Waals surface area contributed by atoms with Gasteiger partial charge in [-0.2, -0.15) is 0 Å². The Labute approximate surface area is 168 Å². The van der Waals surface area contributed by atoms with E-state index in [2.05, 4.69) is 6.58 Å². The van der Waals surface area contributed by atoms with E-state index in [9.17, 15) is 14.4 Å². The van der Waals surface area contributed by atoms with E-state index in [-0.39, 0.29) is 11.0 Å².